The van der Waals surface area contributed by atoms with Crippen LogP contribution in [-0.2, 0) is 16.6 Å². The topological polar surface area (TPSA) is 58.2 Å². The number of hydrogen-bond acceptors (Lipinski definition) is 3. The molecule has 0 amide bonds. The van der Waals surface area contributed by atoms with Gasteiger partial charge in [0.25, 0.3) is 0 Å². The maximum Gasteiger partial charge on any atom is 0.240 e. The Hall–Kier alpha value is -0.910. The van der Waals surface area contributed by atoms with E-state index in [-0.39, 0.29) is 0 Å². The normalized spacial score (nSPS) is 12.6. The Labute approximate surface area is 129 Å². The molecule has 2 N–H and O–H groups in total. The van der Waals surface area contributed by atoms with Crippen molar-refractivity contribution in [2.75, 3.05) is 13.6 Å². The first kappa shape index (κ1) is 18.1. The zero-order valence-electron chi connectivity index (χ0n) is 13.7. The lowest BCUT2D eigenvalue weighted by molar-refractivity contribution is 0.289. The fourth-order valence-electron chi connectivity index (χ4n) is 2.56. The average Bonchev–Trinajstić information content (AvgIpc) is 2.38. The molecule has 0 saturated heterocycles. The summed E-state index contributed by atoms with van der Waals surface area (Å²) in [6.07, 6.45) is 0. The first-order valence-electron chi connectivity index (χ1n) is 7.51. The second-order valence-corrected chi connectivity index (χ2v) is 7.95. The molecule has 4 nitrogen and oxygen atoms in total. The molecular formula is C16H28N2O2S. The minimum atomic E-state index is -3.44. The van der Waals surface area contributed by atoms with Crippen molar-refractivity contribution in [3.8, 4) is 0 Å². The molecule has 0 saturated carbocycles. The summed E-state index contributed by atoms with van der Waals surface area (Å²) in [5.41, 5.74) is 0.963. The van der Waals surface area contributed by atoms with Crippen LogP contribution in [0.15, 0.2) is 29.2 Å². The van der Waals surface area contributed by atoms with Gasteiger partial charge in [-0.2, -0.15) is 0 Å². The minimum absolute atomic E-state index is 0.334. The van der Waals surface area contributed by atoms with E-state index in [1.165, 1.54) is 0 Å². The molecule has 0 aromatic heterocycles. The van der Waals surface area contributed by atoms with Gasteiger partial charge in [0, 0.05) is 13.1 Å². The van der Waals surface area contributed by atoms with Crippen LogP contribution in [0.3, 0.4) is 0 Å². The second-order valence-electron chi connectivity index (χ2n) is 6.18. The maximum absolute atomic E-state index is 12.4. The molecule has 0 fully saturated rings. The van der Waals surface area contributed by atoms with Crippen LogP contribution in [0.1, 0.15) is 33.3 Å². The molecule has 0 spiro atoms. The van der Waals surface area contributed by atoms with Gasteiger partial charge in [-0.15, -0.1) is 0 Å². The minimum Gasteiger partial charge on any atom is -0.316 e. The van der Waals surface area contributed by atoms with Gasteiger partial charge in [-0.05, 0) is 42.5 Å². The van der Waals surface area contributed by atoms with Crippen LogP contribution in [0.25, 0.3) is 0 Å². The fraction of sp³-hybridized carbons (Fsp3) is 0.625. The molecule has 1 aromatic rings. The van der Waals surface area contributed by atoms with Gasteiger partial charge in [-0.25, -0.2) is 13.1 Å². The smallest absolute Gasteiger partial charge is 0.240 e. The van der Waals surface area contributed by atoms with Crippen molar-refractivity contribution in [2.45, 2.75) is 39.1 Å². The molecule has 0 bridgehead atoms. The molecular weight excluding hydrogens is 284 g/mol. The zero-order chi connectivity index (χ0) is 16.0. The highest BCUT2D eigenvalue weighted by Crippen LogP contribution is 2.20. The van der Waals surface area contributed by atoms with Crippen LogP contribution in [-0.4, -0.2) is 22.0 Å². The highest BCUT2D eigenvalue weighted by atomic mass is 32.2. The zero-order valence-corrected chi connectivity index (χ0v) is 14.5. The van der Waals surface area contributed by atoms with Gasteiger partial charge in [0.2, 0.25) is 10.0 Å². The SMILES string of the molecule is CNCc1cccc(S(=O)(=O)NCC(C(C)C)C(C)C)c1. The van der Waals surface area contributed by atoms with Crippen molar-refractivity contribution in [1.82, 2.24) is 10.0 Å². The molecule has 5 heteroatoms. The van der Waals surface area contributed by atoms with Gasteiger partial charge in [-0.3, -0.25) is 0 Å². The van der Waals surface area contributed by atoms with Gasteiger partial charge in [0.1, 0.15) is 0 Å². The lowest BCUT2D eigenvalue weighted by atomic mass is 9.86. The van der Waals surface area contributed by atoms with Crippen LogP contribution in [0.2, 0.25) is 0 Å². The predicted octanol–water partition coefficient (Wildman–Crippen LogP) is 2.61. The highest BCUT2D eigenvalue weighted by Gasteiger charge is 2.21. The molecule has 0 aliphatic rings. The van der Waals surface area contributed by atoms with Crippen molar-refractivity contribution in [1.29, 1.82) is 0 Å². The summed E-state index contributed by atoms with van der Waals surface area (Å²) < 4.78 is 27.6. The van der Waals surface area contributed by atoms with E-state index in [4.69, 9.17) is 0 Å². The Bertz CT molecular complexity index is 531. The Morgan fingerprint density at radius 1 is 1.10 bits per heavy atom. The third kappa shape index (κ3) is 5.41. The van der Waals surface area contributed by atoms with Gasteiger partial charge < -0.3 is 5.32 Å². The summed E-state index contributed by atoms with van der Waals surface area (Å²) >= 11 is 0. The van der Waals surface area contributed by atoms with Crippen LogP contribution in [0.5, 0.6) is 0 Å². The summed E-state index contributed by atoms with van der Waals surface area (Å²) in [4.78, 5) is 0.335. The van der Waals surface area contributed by atoms with Crippen LogP contribution in [0.4, 0.5) is 0 Å². The first-order valence-corrected chi connectivity index (χ1v) is 8.99. The van der Waals surface area contributed by atoms with E-state index in [1.54, 1.807) is 18.2 Å². The fourth-order valence-corrected chi connectivity index (χ4v) is 3.70. The van der Waals surface area contributed by atoms with E-state index in [2.05, 4.69) is 37.7 Å². The molecule has 0 aliphatic heterocycles. The standard InChI is InChI=1S/C16H28N2O2S/c1-12(2)16(13(3)4)11-18-21(19,20)15-8-6-7-14(9-15)10-17-5/h6-9,12-13,16-18H,10-11H2,1-5H3. The molecule has 0 radical (unpaired) electrons. The van der Waals surface area contributed by atoms with E-state index in [0.717, 1.165) is 5.56 Å². The number of nitrogens with one attached hydrogen (secondary N) is 2. The molecule has 0 heterocycles. The monoisotopic (exact) mass is 312 g/mol. The number of rotatable bonds is 8. The third-order valence-corrected chi connectivity index (χ3v) is 5.23. The van der Waals surface area contributed by atoms with Crippen molar-refractivity contribution >= 4 is 10.0 Å². The summed E-state index contributed by atoms with van der Waals surface area (Å²) in [6, 6.07) is 7.06. The van der Waals surface area contributed by atoms with Crippen molar-refractivity contribution in [3.63, 3.8) is 0 Å². The third-order valence-electron chi connectivity index (χ3n) is 3.81. The van der Waals surface area contributed by atoms with Gasteiger partial charge in [0.05, 0.1) is 4.90 Å². The first-order chi connectivity index (χ1) is 9.77. The van der Waals surface area contributed by atoms with Crippen LogP contribution < -0.4 is 10.0 Å². The molecule has 120 valence electrons. The average molecular weight is 312 g/mol. The Morgan fingerprint density at radius 2 is 1.71 bits per heavy atom. The Morgan fingerprint density at radius 3 is 2.24 bits per heavy atom. The highest BCUT2D eigenvalue weighted by molar-refractivity contribution is 7.89. The van der Waals surface area contributed by atoms with E-state index < -0.39 is 10.0 Å². The molecule has 1 aromatic carbocycles. The van der Waals surface area contributed by atoms with Crippen LogP contribution in [0, 0.1) is 17.8 Å². The summed E-state index contributed by atoms with van der Waals surface area (Å²) in [6.45, 7) is 9.66. The molecule has 0 unspecified atom stereocenters. The molecule has 1 rings (SSSR count). The number of sulfonamides is 1. The molecule has 0 aliphatic carbocycles. The molecule has 0 atom stereocenters. The lowest BCUT2D eigenvalue weighted by Crippen LogP contribution is -2.34. The van der Waals surface area contributed by atoms with E-state index in [9.17, 15) is 8.42 Å². The second kappa shape index (κ2) is 7.92. The molecule has 21 heavy (non-hydrogen) atoms. The summed E-state index contributed by atoms with van der Waals surface area (Å²) in [7, 11) is -1.60. The van der Waals surface area contributed by atoms with Crippen LogP contribution >= 0.6 is 0 Å². The largest absolute Gasteiger partial charge is 0.316 e. The summed E-state index contributed by atoms with van der Waals surface area (Å²) in [5, 5.41) is 3.03. The van der Waals surface area contributed by atoms with Crippen molar-refractivity contribution in [2.24, 2.45) is 17.8 Å². The van der Waals surface area contributed by atoms with Gasteiger partial charge >= 0.3 is 0 Å². The van der Waals surface area contributed by atoms with E-state index >= 15 is 0 Å². The Balaban J connectivity index is 2.84. The predicted molar refractivity (Wildman–Crippen MR) is 87.6 cm³/mol. The van der Waals surface area contributed by atoms with Gasteiger partial charge in [-0.1, -0.05) is 39.8 Å². The van der Waals surface area contributed by atoms with Crippen molar-refractivity contribution in [3.05, 3.63) is 29.8 Å². The number of benzene rings is 1. The summed E-state index contributed by atoms with van der Waals surface area (Å²) in [5.74, 6) is 1.23. The maximum atomic E-state index is 12.4. The van der Waals surface area contributed by atoms with E-state index in [1.807, 2.05) is 13.1 Å². The van der Waals surface area contributed by atoms with Gasteiger partial charge in [0.15, 0.2) is 0 Å². The lowest BCUT2D eigenvalue weighted by Gasteiger charge is -2.25. The quantitative estimate of drug-likeness (QED) is 0.776. The van der Waals surface area contributed by atoms with E-state index in [0.29, 0.717) is 35.7 Å². The van der Waals surface area contributed by atoms with Crippen molar-refractivity contribution < 1.29 is 8.42 Å². The Kier molecular flexibility index (Phi) is 6.84. The number of hydrogen-bond donors (Lipinski definition) is 2.